The van der Waals surface area contributed by atoms with Crippen molar-refractivity contribution in [2.75, 3.05) is 26.5 Å². The number of rotatable bonds is 3. The maximum absolute atomic E-state index is 12.7. The van der Waals surface area contributed by atoms with Gasteiger partial charge in [0.2, 0.25) is 0 Å². The zero-order chi connectivity index (χ0) is 16.4. The number of anilines is 1. The van der Waals surface area contributed by atoms with E-state index in [1.54, 1.807) is 31.4 Å². The monoisotopic (exact) mass is 313 g/mol. The van der Waals surface area contributed by atoms with Gasteiger partial charge >= 0.3 is 0 Å². The molecule has 3 rings (SSSR count). The smallest absolute Gasteiger partial charge is 0.257 e. The minimum Gasteiger partial charge on any atom is -0.493 e. The fraction of sp³-hybridized carbons (Fsp3) is 0.294. The molecule has 0 bridgehead atoms. The van der Waals surface area contributed by atoms with E-state index < -0.39 is 0 Å². The fourth-order valence-corrected chi connectivity index (χ4v) is 2.81. The lowest BCUT2D eigenvalue weighted by molar-refractivity contribution is 0.0735. The van der Waals surface area contributed by atoms with E-state index in [9.17, 15) is 4.79 Å². The second kappa shape index (κ2) is 6.16. The van der Waals surface area contributed by atoms with E-state index >= 15 is 0 Å². The summed E-state index contributed by atoms with van der Waals surface area (Å²) < 4.78 is 10.7. The Morgan fingerprint density at radius 3 is 2.57 bits per heavy atom. The third kappa shape index (κ3) is 2.79. The van der Waals surface area contributed by atoms with Gasteiger partial charge in [-0.15, -0.1) is 0 Å². The van der Waals surface area contributed by atoms with Crippen LogP contribution >= 0.6 is 0 Å². The summed E-state index contributed by atoms with van der Waals surface area (Å²) >= 11 is 0. The molecule has 2 heterocycles. The van der Waals surface area contributed by atoms with Gasteiger partial charge in [-0.25, -0.2) is 0 Å². The van der Waals surface area contributed by atoms with Gasteiger partial charge in [-0.05, 0) is 35.7 Å². The molecular formula is C17H19N3O3. The molecule has 1 aliphatic rings. The summed E-state index contributed by atoms with van der Waals surface area (Å²) in [4.78, 5) is 18.4. The Balaban J connectivity index is 1.88. The highest BCUT2D eigenvalue weighted by atomic mass is 16.5. The largest absolute Gasteiger partial charge is 0.493 e. The fourth-order valence-electron chi connectivity index (χ4n) is 2.81. The Morgan fingerprint density at radius 1 is 1.22 bits per heavy atom. The molecule has 0 aliphatic carbocycles. The molecular weight excluding hydrogens is 294 g/mol. The molecule has 1 aromatic carbocycles. The van der Waals surface area contributed by atoms with Crippen LogP contribution in [0, 0.1) is 0 Å². The van der Waals surface area contributed by atoms with Crippen LogP contribution < -0.4 is 15.2 Å². The minimum absolute atomic E-state index is 0.101. The normalized spacial score (nSPS) is 13.4. The summed E-state index contributed by atoms with van der Waals surface area (Å²) in [5.41, 5.74) is 9.00. The van der Waals surface area contributed by atoms with Gasteiger partial charge in [0.1, 0.15) is 0 Å². The number of hydrogen-bond acceptors (Lipinski definition) is 5. The Labute approximate surface area is 134 Å². The summed E-state index contributed by atoms with van der Waals surface area (Å²) in [6.45, 7) is 1.15. The number of carbonyl (C=O) groups excluding carboxylic acids is 1. The van der Waals surface area contributed by atoms with Crippen LogP contribution in [-0.2, 0) is 13.0 Å². The summed E-state index contributed by atoms with van der Waals surface area (Å²) in [5, 5.41) is 0. The van der Waals surface area contributed by atoms with Crippen molar-refractivity contribution in [2.45, 2.75) is 13.0 Å². The molecule has 1 amide bonds. The molecule has 0 atom stereocenters. The Hall–Kier alpha value is -2.76. The van der Waals surface area contributed by atoms with E-state index in [0.717, 1.165) is 12.0 Å². The van der Waals surface area contributed by atoms with Crippen molar-refractivity contribution in [3.63, 3.8) is 0 Å². The SMILES string of the molecule is COc1cc2c(cc1OC)CN(C(=O)c1cnccc1N)CC2. The first-order valence-corrected chi connectivity index (χ1v) is 7.36. The number of fused-ring (bicyclic) bond motifs is 1. The highest BCUT2D eigenvalue weighted by molar-refractivity contribution is 5.98. The number of ether oxygens (including phenoxy) is 2. The number of nitrogen functional groups attached to an aromatic ring is 1. The molecule has 6 heteroatoms. The standard InChI is InChI=1S/C17H19N3O3/c1-22-15-7-11-4-6-20(10-12(11)8-16(15)23-2)17(21)13-9-19-5-3-14(13)18/h3,5,7-9H,4,6,10H2,1-2H3,(H2,18,19). The number of hydrogen-bond donors (Lipinski definition) is 1. The molecule has 0 unspecified atom stereocenters. The predicted octanol–water partition coefficient (Wildman–Crippen LogP) is 1.88. The van der Waals surface area contributed by atoms with Crippen LogP contribution in [0.25, 0.3) is 0 Å². The maximum Gasteiger partial charge on any atom is 0.257 e. The number of nitrogens with zero attached hydrogens (tertiary/aromatic N) is 2. The van der Waals surface area contributed by atoms with Crippen LogP contribution in [0.15, 0.2) is 30.6 Å². The summed E-state index contributed by atoms with van der Waals surface area (Å²) in [6, 6.07) is 5.55. The van der Waals surface area contributed by atoms with E-state index in [-0.39, 0.29) is 5.91 Å². The van der Waals surface area contributed by atoms with Gasteiger partial charge in [-0.3, -0.25) is 9.78 Å². The second-order valence-corrected chi connectivity index (χ2v) is 5.42. The van der Waals surface area contributed by atoms with Gasteiger partial charge in [-0.1, -0.05) is 0 Å². The minimum atomic E-state index is -0.101. The molecule has 0 spiro atoms. The summed E-state index contributed by atoms with van der Waals surface area (Å²) in [7, 11) is 3.22. The maximum atomic E-state index is 12.7. The van der Waals surface area contributed by atoms with Crippen LogP contribution in [-0.4, -0.2) is 36.6 Å². The van der Waals surface area contributed by atoms with Crippen molar-refractivity contribution < 1.29 is 14.3 Å². The van der Waals surface area contributed by atoms with E-state index in [2.05, 4.69) is 4.98 Å². The van der Waals surface area contributed by atoms with Crippen molar-refractivity contribution in [2.24, 2.45) is 0 Å². The van der Waals surface area contributed by atoms with Crippen LogP contribution in [0.2, 0.25) is 0 Å². The molecule has 0 fully saturated rings. The summed E-state index contributed by atoms with van der Waals surface area (Å²) in [6.07, 6.45) is 3.86. The van der Waals surface area contributed by atoms with E-state index in [1.165, 1.54) is 11.8 Å². The zero-order valence-electron chi connectivity index (χ0n) is 13.2. The van der Waals surface area contributed by atoms with Crippen LogP contribution in [0.1, 0.15) is 21.5 Å². The van der Waals surface area contributed by atoms with Crippen molar-refractivity contribution in [3.05, 3.63) is 47.3 Å². The van der Waals surface area contributed by atoms with Gasteiger partial charge in [0.25, 0.3) is 5.91 Å². The number of methoxy groups -OCH3 is 2. The first kappa shape index (κ1) is 15.1. The molecule has 2 aromatic rings. The van der Waals surface area contributed by atoms with E-state index in [0.29, 0.717) is 35.8 Å². The molecule has 0 saturated heterocycles. The average molecular weight is 313 g/mol. The lowest BCUT2D eigenvalue weighted by Gasteiger charge is -2.30. The third-order valence-corrected chi connectivity index (χ3v) is 4.09. The number of nitrogens with two attached hydrogens (primary N) is 1. The van der Waals surface area contributed by atoms with Gasteiger partial charge in [0.15, 0.2) is 11.5 Å². The van der Waals surface area contributed by atoms with Crippen molar-refractivity contribution in [1.82, 2.24) is 9.88 Å². The zero-order valence-corrected chi connectivity index (χ0v) is 13.2. The molecule has 6 nitrogen and oxygen atoms in total. The molecule has 0 saturated carbocycles. The molecule has 0 radical (unpaired) electrons. The number of carbonyl (C=O) groups is 1. The average Bonchev–Trinajstić information content (AvgIpc) is 2.59. The van der Waals surface area contributed by atoms with E-state index in [1.807, 2.05) is 12.1 Å². The molecule has 23 heavy (non-hydrogen) atoms. The third-order valence-electron chi connectivity index (χ3n) is 4.09. The van der Waals surface area contributed by atoms with Gasteiger partial charge in [0, 0.05) is 31.2 Å². The second-order valence-electron chi connectivity index (χ2n) is 5.42. The Morgan fingerprint density at radius 2 is 1.91 bits per heavy atom. The van der Waals surface area contributed by atoms with E-state index in [4.69, 9.17) is 15.2 Å². The lowest BCUT2D eigenvalue weighted by Crippen LogP contribution is -2.36. The van der Waals surface area contributed by atoms with Gasteiger partial charge < -0.3 is 20.1 Å². The number of amides is 1. The van der Waals surface area contributed by atoms with Crippen molar-refractivity contribution >= 4 is 11.6 Å². The van der Waals surface area contributed by atoms with Crippen LogP contribution in [0.5, 0.6) is 11.5 Å². The van der Waals surface area contributed by atoms with Crippen molar-refractivity contribution in [3.8, 4) is 11.5 Å². The molecule has 2 N–H and O–H groups in total. The first-order chi connectivity index (χ1) is 11.1. The Kier molecular flexibility index (Phi) is 4.06. The van der Waals surface area contributed by atoms with Gasteiger partial charge in [0.05, 0.1) is 19.8 Å². The molecule has 1 aliphatic heterocycles. The number of aromatic nitrogens is 1. The van der Waals surface area contributed by atoms with Crippen LogP contribution in [0.4, 0.5) is 5.69 Å². The van der Waals surface area contributed by atoms with Crippen LogP contribution in [0.3, 0.4) is 0 Å². The Bertz CT molecular complexity index is 746. The molecule has 120 valence electrons. The first-order valence-electron chi connectivity index (χ1n) is 7.36. The summed E-state index contributed by atoms with van der Waals surface area (Å²) in [5.74, 6) is 1.28. The number of pyridine rings is 1. The lowest BCUT2D eigenvalue weighted by atomic mass is 9.98. The van der Waals surface area contributed by atoms with Crippen molar-refractivity contribution in [1.29, 1.82) is 0 Å². The van der Waals surface area contributed by atoms with Gasteiger partial charge in [-0.2, -0.15) is 0 Å². The molecule has 1 aromatic heterocycles. The predicted molar refractivity (Wildman–Crippen MR) is 86.6 cm³/mol. The highest BCUT2D eigenvalue weighted by Crippen LogP contribution is 2.33. The number of benzene rings is 1. The highest BCUT2D eigenvalue weighted by Gasteiger charge is 2.24. The quantitative estimate of drug-likeness (QED) is 0.936. The topological polar surface area (TPSA) is 77.7 Å².